The zero-order valence-corrected chi connectivity index (χ0v) is 7.86. The van der Waals surface area contributed by atoms with Gasteiger partial charge < -0.3 is 4.74 Å². The van der Waals surface area contributed by atoms with E-state index in [1.807, 2.05) is 0 Å². The predicted octanol–water partition coefficient (Wildman–Crippen LogP) is 1.05. The third kappa shape index (κ3) is 1.82. The lowest BCUT2D eigenvalue weighted by atomic mass is 9.86. The van der Waals surface area contributed by atoms with E-state index in [2.05, 4.69) is 0 Å². The first-order valence-corrected chi connectivity index (χ1v) is 4.83. The molecule has 3 heteroatoms. The maximum absolute atomic E-state index is 11.5. The number of carbonyl (C=O) groups is 2. The third-order valence-corrected chi connectivity index (χ3v) is 2.64. The first kappa shape index (κ1) is 9.34. The van der Waals surface area contributed by atoms with Crippen LogP contribution in [0, 0.1) is 5.92 Å². The van der Waals surface area contributed by atoms with Crippen LogP contribution in [0.3, 0.4) is 0 Å². The Bertz CT molecular complexity index is 319. The van der Waals surface area contributed by atoms with Gasteiger partial charge in [0.15, 0.2) is 11.6 Å². The van der Waals surface area contributed by atoms with Gasteiger partial charge in [0.1, 0.15) is 0 Å². The lowest BCUT2D eigenvalue weighted by Gasteiger charge is -2.24. The second-order valence-electron chi connectivity index (χ2n) is 3.59. The van der Waals surface area contributed by atoms with Gasteiger partial charge in [0.2, 0.25) is 0 Å². The van der Waals surface area contributed by atoms with E-state index in [-0.39, 0.29) is 17.5 Å². The fourth-order valence-electron chi connectivity index (χ4n) is 1.85. The van der Waals surface area contributed by atoms with E-state index >= 15 is 0 Å². The van der Waals surface area contributed by atoms with Crippen molar-refractivity contribution >= 4 is 11.6 Å². The number of ketones is 2. The van der Waals surface area contributed by atoms with Crippen LogP contribution in [0.25, 0.3) is 0 Å². The van der Waals surface area contributed by atoms with E-state index in [1.165, 1.54) is 18.2 Å². The van der Waals surface area contributed by atoms with Crippen molar-refractivity contribution in [3.8, 4) is 0 Å². The molecule has 0 saturated carbocycles. The third-order valence-electron chi connectivity index (χ3n) is 2.64. The summed E-state index contributed by atoms with van der Waals surface area (Å²) in [6.45, 7) is 1.38. The molecule has 0 radical (unpaired) electrons. The average Bonchev–Trinajstić information content (AvgIpc) is 2.23. The molecule has 0 aromatic carbocycles. The molecule has 0 unspecified atom stereocenters. The molecule has 2 rings (SSSR count). The molecule has 0 atom stereocenters. The number of hydrogen-bond donors (Lipinski definition) is 0. The zero-order valence-electron chi connectivity index (χ0n) is 7.86. The van der Waals surface area contributed by atoms with E-state index in [9.17, 15) is 9.59 Å². The van der Waals surface area contributed by atoms with Crippen LogP contribution in [0.1, 0.15) is 12.8 Å². The van der Waals surface area contributed by atoms with Crippen molar-refractivity contribution in [1.82, 2.24) is 0 Å². The van der Waals surface area contributed by atoms with Gasteiger partial charge in [0.05, 0.1) is 0 Å². The molecule has 14 heavy (non-hydrogen) atoms. The fraction of sp³-hybridized carbons (Fsp3) is 0.455. The molecular formula is C11H12O3. The highest BCUT2D eigenvalue weighted by molar-refractivity contribution is 6.17. The van der Waals surface area contributed by atoms with Crippen LogP contribution in [0.4, 0.5) is 0 Å². The van der Waals surface area contributed by atoms with Crippen LogP contribution in [0.5, 0.6) is 0 Å². The smallest absolute Gasteiger partial charge is 0.182 e. The standard InChI is InChI=1S/C11H12O3/c12-9-1-2-11(13)10(7-9)8-3-5-14-6-4-8/h1-2,7-8H,3-6H2. The molecule has 0 N–H and O–H groups in total. The highest BCUT2D eigenvalue weighted by Crippen LogP contribution is 2.25. The van der Waals surface area contributed by atoms with Crippen molar-refractivity contribution in [2.75, 3.05) is 13.2 Å². The molecule has 1 fully saturated rings. The summed E-state index contributed by atoms with van der Waals surface area (Å²) in [5.41, 5.74) is 0.667. The summed E-state index contributed by atoms with van der Waals surface area (Å²) in [5, 5.41) is 0. The van der Waals surface area contributed by atoms with Crippen molar-refractivity contribution < 1.29 is 14.3 Å². The summed E-state index contributed by atoms with van der Waals surface area (Å²) >= 11 is 0. The van der Waals surface area contributed by atoms with Gasteiger partial charge in [-0.05, 0) is 37.0 Å². The maximum Gasteiger partial charge on any atom is 0.182 e. The lowest BCUT2D eigenvalue weighted by molar-refractivity contribution is -0.115. The molecule has 74 valence electrons. The summed E-state index contributed by atoms with van der Waals surface area (Å²) in [6, 6.07) is 0. The normalized spacial score (nSPS) is 23.9. The first-order chi connectivity index (χ1) is 6.77. The maximum atomic E-state index is 11.5. The summed E-state index contributed by atoms with van der Waals surface area (Å²) in [5.74, 6) is 0.118. The van der Waals surface area contributed by atoms with Crippen LogP contribution in [0.15, 0.2) is 23.8 Å². The van der Waals surface area contributed by atoms with Gasteiger partial charge in [0.25, 0.3) is 0 Å². The van der Waals surface area contributed by atoms with Crippen LogP contribution < -0.4 is 0 Å². The second-order valence-corrected chi connectivity index (χ2v) is 3.59. The number of hydrogen-bond acceptors (Lipinski definition) is 3. The van der Waals surface area contributed by atoms with Crippen LogP contribution >= 0.6 is 0 Å². The molecule has 1 aliphatic carbocycles. The Morgan fingerprint density at radius 3 is 2.57 bits per heavy atom. The SMILES string of the molecule is O=C1C=CC(=O)C(C2CCOCC2)=C1. The number of carbonyl (C=O) groups excluding carboxylic acids is 2. The Morgan fingerprint density at radius 1 is 1.14 bits per heavy atom. The summed E-state index contributed by atoms with van der Waals surface area (Å²) < 4.78 is 5.21. The van der Waals surface area contributed by atoms with Crippen LogP contribution in [-0.2, 0) is 14.3 Å². The molecule has 0 spiro atoms. The molecule has 1 saturated heterocycles. The first-order valence-electron chi connectivity index (χ1n) is 4.83. The van der Waals surface area contributed by atoms with Gasteiger partial charge in [0, 0.05) is 18.8 Å². The fourth-order valence-corrected chi connectivity index (χ4v) is 1.85. The molecule has 0 bridgehead atoms. The van der Waals surface area contributed by atoms with Crippen molar-refractivity contribution in [3.63, 3.8) is 0 Å². The molecule has 1 aliphatic heterocycles. The minimum absolute atomic E-state index is 0.0171. The second kappa shape index (κ2) is 3.88. The number of allylic oxidation sites excluding steroid dienone is 4. The molecule has 0 amide bonds. The Labute approximate surface area is 82.4 Å². The van der Waals surface area contributed by atoms with Crippen molar-refractivity contribution in [2.24, 2.45) is 5.92 Å². The Kier molecular flexibility index (Phi) is 2.59. The van der Waals surface area contributed by atoms with E-state index in [0.29, 0.717) is 18.8 Å². The van der Waals surface area contributed by atoms with E-state index in [4.69, 9.17) is 4.74 Å². The highest BCUT2D eigenvalue weighted by Gasteiger charge is 2.24. The Morgan fingerprint density at radius 2 is 1.86 bits per heavy atom. The van der Waals surface area contributed by atoms with Crippen LogP contribution in [-0.4, -0.2) is 24.8 Å². The van der Waals surface area contributed by atoms with Crippen molar-refractivity contribution in [2.45, 2.75) is 12.8 Å². The van der Waals surface area contributed by atoms with Gasteiger partial charge in [-0.3, -0.25) is 9.59 Å². The molecular weight excluding hydrogens is 180 g/mol. The van der Waals surface area contributed by atoms with E-state index < -0.39 is 0 Å². The quantitative estimate of drug-likeness (QED) is 0.583. The molecule has 1 heterocycles. The Hall–Kier alpha value is -1.22. The van der Waals surface area contributed by atoms with E-state index in [1.54, 1.807) is 0 Å². The minimum atomic E-state index is -0.0777. The average molecular weight is 192 g/mol. The van der Waals surface area contributed by atoms with Gasteiger partial charge in [-0.1, -0.05) is 0 Å². The molecule has 0 aromatic rings. The van der Waals surface area contributed by atoms with Crippen molar-refractivity contribution in [1.29, 1.82) is 0 Å². The summed E-state index contributed by atoms with van der Waals surface area (Å²) in [4.78, 5) is 22.6. The number of rotatable bonds is 1. The summed E-state index contributed by atoms with van der Waals surface area (Å²) in [7, 11) is 0. The Balaban J connectivity index is 2.15. The zero-order chi connectivity index (χ0) is 9.97. The van der Waals surface area contributed by atoms with Crippen LogP contribution in [0.2, 0.25) is 0 Å². The van der Waals surface area contributed by atoms with Crippen molar-refractivity contribution in [3.05, 3.63) is 23.8 Å². The van der Waals surface area contributed by atoms with Gasteiger partial charge >= 0.3 is 0 Å². The van der Waals surface area contributed by atoms with Gasteiger partial charge in [-0.25, -0.2) is 0 Å². The van der Waals surface area contributed by atoms with Gasteiger partial charge in [-0.15, -0.1) is 0 Å². The molecule has 0 aromatic heterocycles. The lowest BCUT2D eigenvalue weighted by Crippen LogP contribution is -2.23. The molecule has 3 nitrogen and oxygen atoms in total. The van der Waals surface area contributed by atoms with E-state index in [0.717, 1.165) is 12.8 Å². The highest BCUT2D eigenvalue weighted by atomic mass is 16.5. The van der Waals surface area contributed by atoms with Gasteiger partial charge in [-0.2, -0.15) is 0 Å². The minimum Gasteiger partial charge on any atom is -0.381 e. The monoisotopic (exact) mass is 192 g/mol. The summed E-state index contributed by atoms with van der Waals surface area (Å²) in [6.07, 6.45) is 5.86. The topological polar surface area (TPSA) is 43.4 Å². The predicted molar refractivity (Wildman–Crippen MR) is 50.8 cm³/mol. The largest absolute Gasteiger partial charge is 0.381 e. The molecule has 2 aliphatic rings. The number of ether oxygens (including phenoxy) is 1.